The Kier molecular flexibility index (Phi) is 4.03. The Labute approximate surface area is 94.4 Å². The molecule has 1 rings (SSSR count). The third-order valence-corrected chi connectivity index (χ3v) is 2.99. The van der Waals surface area contributed by atoms with Crippen molar-refractivity contribution in [3.05, 3.63) is 28.2 Å². The summed E-state index contributed by atoms with van der Waals surface area (Å²) < 4.78 is 0. The average Bonchev–Trinajstić information content (AvgIpc) is 2.59. The lowest BCUT2D eigenvalue weighted by atomic mass is 10.3. The number of likely N-dealkylation sites (N-methyl/N-ethyl adjacent to an activating group) is 1. The second-order valence-corrected chi connectivity index (χ2v) is 4.40. The van der Waals surface area contributed by atoms with E-state index in [9.17, 15) is 4.79 Å². The first-order chi connectivity index (χ1) is 7.06. The highest BCUT2D eigenvalue weighted by atomic mass is 32.1. The van der Waals surface area contributed by atoms with Gasteiger partial charge in [0.05, 0.1) is 11.2 Å². The molecule has 82 valence electrons. The molecule has 0 aromatic carbocycles. The van der Waals surface area contributed by atoms with Crippen LogP contribution in [-0.2, 0) is 0 Å². The first-order valence-corrected chi connectivity index (χ1v) is 5.78. The summed E-state index contributed by atoms with van der Waals surface area (Å²) in [5, 5.41) is 0. The number of thiazole rings is 1. The van der Waals surface area contributed by atoms with E-state index < -0.39 is 0 Å². The number of hydrogen-bond donors (Lipinski definition) is 0. The van der Waals surface area contributed by atoms with Crippen LogP contribution in [0.2, 0.25) is 0 Å². The van der Waals surface area contributed by atoms with E-state index in [1.165, 1.54) is 11.3 Å². The lowest BCUT2D eigenvalue weighted by Gasteiger charge is -2.20. The maximum absolute atomic E-state index is 12.0. The van der Waals surface area contributed by atoms with E-state index in [2.05, 4.69) is 11.6 Å². The summed E-state index contributed by atoms with van der Waals surface area (Å²) in [6, 6.07) is 0. The molecular formula is C11H16N2OS. The van der Waals surface area contributed by atoms with Gasteiger partial charge in [0, 0.05) is 13.1 Å². The first kappa shape index (κ1) is 11.9. The zero-order valence-electron chi connectivity index (χ0n) is 9.41. The van der Waals surface area contributed by atoms with E-state index in [1.54, 1.807) is 10.4 Å². The third kappa shape index (κ3) is 2.89. The molecule has 0 saturated heterocycles. The minimum atomic E-state index is 0.0560. The van der Waals surface area contributed by atoms with Gasteiger partial charge >= 0.3 is 0 Å². The minimum absolute atomic E-state index is 0.0560. The van der Waals surface area contributed by atoms with Crippen LogP contribution in [0.3, 0.4) is 0 Å². The van der Waals surface area contributed by atoms with Crippen molar-refractivity contribution in [2.24, 2.45) is 0 Å². The van der Waals surface area contributed by atoms with E-state index in [0.717, 1.165) is 16.1 Å². The highest BCUT2D eigenvalue weighted by molar-refractivity contribution is 7.11. The molecule has 0 spiro atoms. The topological polar surface area (TPSA) is 33.2 Å². The standard InChI is InChI=1S/C11H16N2OS/c1-5-13(6-8(2)3)11(14)10-9(4)12-7-15-10/h7H,2,5-6H2,1,3-4H3. The van der Waals surface area contributed by atoms with Crippen molar-refractivity contribution in [1.82, 2.24) is 9.88 Å². The highest BCUT2D eigenvalue weighted by Gasteiger charge is 2.17. The van der Waals surface area contributed by atoms with Crippen LogP contribution in [0.25, 0.3) is 0 Å². The van der Waals surface area contributed by atoms with Gasteiger partial charge in [-0.15, -0.1) is 11.3 Å². The molecule has 0 fully saturated rings. The van der Waals surface area contributed by atoms with Crippen LogP contribution in [-0.4, -0.2) is 28.9 Å². The largest absolute Gasteiger partial charge is 0.334 e. The molecule has 0 aliphatic heterocycles. The van der Waals surface area contributed by atoms with Crippen molar-refractivity contribution in [1.29, 1.82) is 0 Å². The summed E-state index contributed by atoms with van der Waals surface area (Å²) in [6.07, 6.45) is 0. The summed E-state index contributed by atoms with van der Waals surface area (Å²) in [4.78, 5) is 18.6. The number of aryl methyl sites for hydroxylation is 1. The number of rotatable bonds is 4. The zero-order valence-corrected chi connectivity index (χ0v) is 10.2. The van der Waals surface area contributed by atoms with Crippen LogP contribution < -0.4 is 0 Å². The average molecular weight is 224 g/mol. The Hall–Kier alpha value is -1.16. The molecule has 4 heteroatoms. The summed E-state index contributed by atoms with van der Waals surface area (Å²) in [5.41, 5.74) is 3.51. The number of nitrogens with zero attached hydrogens (tertiary/aromatic N) is 2. The van der Waals surface area contributed by atoms with Crippen LogP contribution in [0.1, 0.15) is 29.2 Å². The van der Waals surface area contributed by atoms with Crippen molar-refractivity contribution in [2.45, 2.75) is 20.8 Å². The third-order valence-electron chi connectivity index (χ3n) is 2.07. The van der Waals surface area contributed by atoms with Crippen molar-refractivity contribution in [2.75, 3.05) is 13.1 Å². The smallest absolute Gasteiger partial charge is 0.266 e. The van der Waals surface area contributed by atoms with Gasteiger partial charge in [-0.05, 0) is 20.8 Å². The van der Waals surface area contributed by atoms with Gasteiger partial charge < -0.3 is 4.90 Å². The number of aromatic nitrogens is 1. The second kappa shape index (κ2) is 5.07. The van der Waals surface area contributed by atoms with Gasteiger partial charge in [-0.25, -0.2) is 4.98 Å². The number of hydrogen-bond acceptors (Lipinski definition) is 3. The summed E-state index contributed by atoms with van der Waals surface area (Å²) in [6.45, 7) is 10.9. The van der Waals surface area contributed by atoms with Gasteiger partial charge in [-0.2, -0.15) is 0 Å². The van der Waals surface area contributed by atoms with Crippen LogP contribution >= 0.6 is 11.3 Å². The molecule has 0 atom stereocenters. The van der Waals surface area contributed by atoms with Crippen molar-refractivity contribution in [3.8, 4) is 0 Å². The summed E-state index contributed by atoms with van der Waals surface area (Å²) >= 11 is 1.40. The molecule has 1 amide bonds. The van der Waals surface area contributed by atoms with Crippen LogP contribution in [0.5, 0.6) is 0 Å². The van der Waals surface area contributed by atoms with Gasteiger partial charge in [0.2, 0.25) is 0 Å². The Balaban J connectivity index is 2.82. The van der Waals surface area contributed by atoms with Crippen LogP contribution in [0.4, 0.5) is 0 Å². The molecule has 15 heavy (non-hydrogen) atoms. The summed E-state index contributed by atoms with van der Waals surface area (Å²) in [5.74, 6) is 0.0560. The van der Waals surface area contributed by atoms with E-state index in [0.29, 0.717) is 13.1 Å². The SMILES string of the molecule is C=C(C)CN(CC)C(=O)c1scnc1C. The normalized spacial score (nSPS) is 10.1. The predicted molar refractivity (Wildman–Crippen MR) is 63.2 cm³/mol. The molecule has 0 unspecified atom stereocenters. The van der Waals surface area contributed by atoms with Crippen molar-refractivity contribution < 1.29 is 4.79 Å². The van der Waals surface area contributed by atoms with E-state index in [-0.39, 0.29) is 5.91 Å². The fourth-order valence-electron chi connectivity index (χ4n) is 1.30. The Morgan fingerprint density at radius 1 is 1.67 bits per heavy atom. The maximum atomic E-state index is 12.0. The predicted octanol–water partition coefficient (Wildman–Crippen LogP) is 2.49. The molecule has 0 saturated carbocycles. The van der Waals surface area contributed by atoms with Crippen LogP contribution in [0, 0.1) is 6.92 Å². The maximum Gasteiger partial charge on any atom is 0.266 e. The molecule has 0 aliphatic carbocycles. The molecule has 0 aliphatic rings. The fourth-order valence-corrected chi connectivity index (χ4v) is 2.07. The molecule has 3 nitrogen and oxygen atoms in total. The Morgan fingerprint density at radius 2 is 2.33 bits per heavy atom. The highest BCUT2D eigenvalue weighted by Crippen LogP contribution is 2.15. The monoisotopic (exact) mass is 224 g/mol. The van der Waals surface area contributed by atoms with Gasteiger partial charge in [-0.1, -0.05) is 12.2 Å². The lowest BCUT2D eigenvalue weighted by Crippen LogP contribution is -2.32. The summed E-state index contributed by atoms with van der Waals surface area (Å²) in [7, 11) is 0. The molecule has 0 N–H and O–H groups in total. The van der Waals surface area contributed by atoms with Crippen molar-refractivity contribution in [3.63, 3.8) is 0 Å². The number of carbonyl (C=O) groups is 1. The minimum Gasteiger partial charge on any atom is -0.334 e. The van der Waals surface area contributed by atoms with Crippen LogP contribution in [0.15, 0.2) is 17.7 Å². The lowest BCUT2D eigenvalue weighted by molar-refractivity contribution is 0.0782. The Bertz CT molecular complexity index is 370. The molecular weight excluding hydrogens is 208 g/mol. The zero-order chi connectivity index (χ0) is 11.4. The van der Waals surface area contributed by atoms with Crippen molar-refractivity contribution >= 4 is 17.2 Å². The molecule has 0 bridgehead atoms. The van der Waals surface area contributed by atoms with E-state index >= 15 is 0 Å². The Morgan fingerprint density at radius 3 is 2.73 bits per heavy atom. The number of amides is 1. The quantitative estimate of drug-likeness (QED) is 0.736. The van der Waals surface area contributed by atoms with Gasteiger partial charge in [-0.3, -0.25) is 4.79 Å². The van der Waals surface area contributed by atoms with E-state index in [4.69, 9.17) is 0 Å². The van der Waals surface area contributed by atoms with Gasteiger partial charge in [0.25, 0.3) is 5.91 Å². The molecule has 1 aromatic rings. The number of carbonyl (C=O) groups excluding carboxylic acids is 1. The van der Waals surface area contributed by atoms with E-state index in [1.807, 2.05) is 20.8 Å². The fraction of sp³-hybridized carbons (Fsp3) is 0.455. The van der Waals surface area contributed by atoms with Gasteiger partial charge in [0.1, 0.15) is 4.88 Å². The molecule has 0 radical (unpaired) electrons. The first-order valence-electron chi connectivity index (χ1n) is 4.90. The molecule has 1 heterocycles. The molecule has 1 aromatic heterocycles. The second-order valence-electron chi connectivity index (χ2n) is 3.54. The van der Waals surface area contributed by atoms with Gasteiger partial charge in [0.15, 0.2) is 0 Å².